The molecule has 0 spiro atoms. The van der Waals surface area contributed by atoms with Gasteiger partial charge in [-0.25, -0.2) is 4.79 Å². The fraction of sp³-hybridized carbons (Fsp3) is 0.467. The van der Waals surface area contributed by atoms with E-state index >= 15 is 0 Å². The van der Waals surface area contributed by atoms with E-state index < -0.39 is 10.9 Å². The van der Waals surface area contributed by atoms with E-state index in [0.717, 1.165) is 25.7 Å². The number of hydrogen-bond acceptors (Lipinski definition) is 5. The van der Waals surface area contributed by atoms with Crippen LogP contribution < -0.4 is 0 Å². The quantitative estimate of drug-likeness (QED) is 0.483. The molecule has 2 rings (SSSR count). The highest BCUT2D eigenvalue weighted by atomic mass is 16.6. The van der Waals surface area contributed by atoms with E-state index in [-0.39, 0.29) is 23.8 Å². The smallest absolute Gasteiger partial charge is 0.338 e. The Kier molecular flexibility index (Phi) is 5.46. The predicted molar refractivity (Wildman–Crippen MR) is 78.4 cm³/mol. The van der Waals surface area contributed by atoms with Crippen molar-refractivity contribution in [3.8, 4) is 0 Å². The minimum absolute atomic E-state index is 0.0998. The number of benzene rings is 1. The molecule has 7 nitrogen and oxygen atoms in total. The van der Waals surface area contributed by atoms with Crippen molar-refractivity contribution >= 4 is 17.6 Å². The second-order valence-electron chi connectivity index (χ2n) is 5.18. The van der Waals surface area contributed by atoms with Crippen molar-refractivity contribution in [2.24, 2.45) is 0 Å². The summed E-state index contributed by atoms with van der Waals surface area (Å²) in [4.78, 5) is 35.5. The molecule has 1 heterocycles. The van der Waals surface area contributed by atoms with Gasteiger partial charge in [0.15, 0.2) is 6.61 Å². The maximum atomic E-state index is 12.0. The highest BCUT2D eigenvalue weighted by Crippen LogP contribution is 2.13. The zero-order valence-corrected chi connectivity index (χ0v) is 12.2. The Balaban J connectivity index is 1.86. The van der Waals surface area contributed by atoms with Crippen LogP contribution in [0, 0.1) is 10.1 Å². The van der Waals surface area contributed by atoms with Gasteiger partial charge < -0.3 is 9.64 Å². The van der Waals surface area contributed by atoms with E-state index in [1.165, 1.54) is 24.3 Å². The fourth-order valence-corrected chi connectivity index (χ4v) is 2.34. The summed E-state index contributed by atoms with van der Waals surface area (Å²) in [5.41, 5.74) is 0.0893. The van der Waals surface area contributed by atoms with Crippen molar-refractivity contribution in [2.45, 2.75) is 25.7 Å². The number of rotatable bonds is 4. The molecule has 0 saturated carbocycles. The number of ether oxygens (including phenoxy) is 1. The molecule has 0 atom stereocenters. The summed E-state index contributed by atoms with van der Waals surface area (Å²) in [5.74, 6) is -0.852. The Morgan fingerprint density at radius 1 is 1.09 bits per heavy atom. The van der Waals surface area contributed by atoms with Gasteiger partial charge in [0, 0.05) is 25.2 Å². The fourth-order valence-electron chi connectivity index (χ4n) is 2.34. The molecule has 1 aliphatic heterocycles. The number of hydrogen-bond donors (Lipinski definition) is 0. The van der Waals surface area contributed by atoms with Crippen LogP contribution in [0.1, 0.15) is 36.0 Å². The Labute approximate surface area is 128 Å². The van der Waals surface area contributed by atoms with Crippen LogP contribution in [0.5, 0.6) is 0 Å². The van der Waals surface area contributed by atoms with Gasteiger partial charge in [0.2, 0.25) is 0 Å². The maximum Gasteiger partial charge on any atom is 0.338 e. The van der Waals surface area contributed by atoms with Crippen LogP contribution >= 0.6 is 0 Å². The van der Waals surface area contributed by atoms with Crippen molar-refractivity contribution in [1.29, 1.82) is 0 Å². The first-order valence-electron chi connectivity index (χ1n) is 7.27. The van der Waals surface area contributed by atoms with Gasteiger partial charge in [-0.3, -0.25) is 14.9 Å². The standard InChI is InChI=1S/C15H18N2O5/c18-14(16-9-3-1-2-4-10-16)11-22-15(19)12-5-7-13(8-6-12)17(20)21/h5-8H,1-4,9-11H2. The highest BCUT2D eigenvalue weighted by Gasteiger charge is 2.18. The van der Waals surface area contributed by atoms with Gasteiger partial charge in [-0.15, -0.1) is 0 Å². The van der Waals surface area contributed by atoms with Crippen LogP contribution in [-0.4, -0.2) is 41.4 Å². The van der Waals surface area contributed by atoms with Gasteiger partial charge in [0.1, 0.15) is 0 Å². The second-order valence-corrected chi connectivity index (χ2v) is 5.18. The minimum Gasteiger partial charge on any atom is -0.452 e. The van der Waals surface area contributed by atoms with E-state index in [1.54, 1.807) is 4.90 Å². The molecule has 0 N–H and O–H groups in total. The zero-order chi connectivity index (χ0) is 15.9. The number of nitro groups is 1. The molecule has 1 aromatic rings. The van der Waals surface area contributed by atoms with Gasteiger partial charge in [-0.1, -0.05) is 12.8 Å². The van der Waals surface area contributed by atoms with E-state index in [2.05, 4.69) is 0 Å². The average Bonchev–Trinajstić information content (AvgIpc) is 2.81. The summed E-state index contributed by atoms with van der Waals surface area (Å²) in [6.07, 6.45) is 4.18. The van der Waals surface area contributed by atoms with Crippen molar-refractivity contribution in [3.05, 3.63) is 39.9 Å². The van der Waals surface area contributed by atoms with E-state index in [4.69, 9.17) is 4.74 Å². The molecule has 1 saturated heterocycles. The number of amides is 1. The lowest BCUT2D eigenvalue weighted by Crippen LogP contribution is -2.35. The molecule has 0 radical (unpaired) electrons. The van der Waals surface area contributed by atoms with Gasteiger partial charge in [-0.2, -0.15) is 0 Å². The largest absolute Gasteiger partial charge is 0.452 e. The molecule has 22 heavy (non-hydrogen) atoms. The number of carbonyl (C=O) groups is 2. The summed E-state index contributed by atoms with van der Waals surface area (Å²) in [5, 5.41) is 10.5. The molecule has 1 amide bonds. The van der Waals surface area contributed by atoms with Crippen LogP contribution in [0.2, 0.25) is 0 Å². The van der Waals surface area contributed by atoms with Crippen LogP contribution in [0.15, 0.2) is 24.3 Å². The topological polar surface area (TPSA) is 89.8 Å². The summed E-state index contributed by atoms with van der Waals surface area (Å²) in [6, 6.07) is 5.09. The molecule has 1 aliphatic rings. The van der Waals surface area contributed by atoms with Gasteiger partial charge in [0.05, 0.1) is 10.5 Å². The predicted octanol–water partition coefficient (Wildman–Crippen LogP) is 2.15. The molecule has 1 fully saturated rings. The van der Waals surface area contributed by atoms with E-state index in [9.17, 15) is 19.7 Å². The number of nitrogens with zero attached hydrogens (tertiary/aromatic N) is 2. The van der Waals surface area contributed by atoms with Crippen LogP contribution in [-0.2, 0) is 9.53 Å². The Morgan fingerprint density at radius 3 is 2.23 bits per heavy atom. The number of carbonyl (C=O) groups excluding carboxylic acids is 2. The normalized spacial score (nSPS) is 15.0. The van der Waals surface area contributed by atoms with Gasteiger partial charge in [0.25, 0.3) is 11.6 Å². The Hall–Kier alpha value is -2.44. The summed E-state index contributed by atoms with van der Waals surface area (Å²) < 4.78 is 4.98. The SMILES string of the molecule is O=C(OCC(=O)N1CCCCCC1)c1ccc([N+](=O)[O-])cc1. The molecule has 0 unspecified atom stereocenters. The average molecular weight is 306 g/mol. The summed E-state index contributed by atoms with van der Waals surface area (Å²) in [7, 11) is 0. The molecule has 0 aromatic heterocycles. The third-order valence-corrected chi connectivity index (χ3v) is 3.60. The van der Waals surface area contributed by atoms with Crippen LogP contribution in [0.25, 0.3) is 0 Å². The van der Waals surface area contributed by atoms with Crippen molar-refractivity contribution in [1.82, 2.24) is 4.90 Å². The molecule has 7 heteroatoms. The van der Waals surface area contributed by atoms with Crippen molar-refractivity contribution < 1.29 is 19.2 Å². The Bertz CT molecular complexity index is 548. The number of likely N-dealkylation sites (tertiary alicyclic amines) is 1. The first-order chi connectivity index (χ1) is 10.6. The van der Waals surface area contributed by atoms with E-state index in [1.807, 2.05) is 0 Å². The first kappa shape index (κ1) is 15.9. The summed E-state index contributed by atoms with van der Waals surface area (Å²) >= 11 is 0. The third kappa shape index (κ3) is 4.28. The van der Waals surface area contributed by atoms with Crippen LogP contribution in [0.3, 0.4) is 0 Å². The molecule has 0 aliphatic carbocycles. The zero-order valence-electron chi connectivity index (χ0n) is 12.2. The highest BCUT2D eigenvalue weighted by molar-refractivity contribution is 5.91. The third-order valence-electron chi connectivity index (χ3n) is 3.60. The van der Waals surface area contributed by atoms with Crippen molar-refractivity contribution in [3.63, 3.8) is 0 Å². The first-order valence-corrected chi connectivity index (χ1v) is 7.27. The van der Waals surface area contributed by atoms with Gasteiger partial charge in [-0.05, 0) is 25.0 Å². The lowest BCUT2D eigenvalue weighted by molar-refractivity contribution is -0.384. The lowest BCUT2D eigenvalue weighted by atomic mass is 10.2. The van der Waals surface area contributed by atoms with E-state index in [0.29, 0.717) is 13.1 Å². The molecular weight excluding hydrogens is 288 g/mol. The monoisotopic (exact) mass is 306 g/mol. The maximum absolute atomic E-state index is 12.0. The van der Waals surface area contributed by atoms with Crippen LogP contribution in [0.4, 0.5) is 5.69 Å². The number of non-ortho nitro benzene ring substituents is 1. The van der Waals surface area contributed by atoms with Crippen molar-refractivity contribution in [2.75, 3.05) is 19.7 Å². The van der Waals surface area contributed by atoms with Gasteiger partial charge >= 0.3 is 5.97 Å². The number of esters is 1. The lowest BCUT2D eigenvalue weighted by Gasteiger charge is -2.19. The second kappa shape index (κ2) is 7.53. The number of nitro benzene ring substituents is 1. The molecular formula is C15H18N2O5. The Morgan fingerprint density at radius 2 is 1.68 bits per heavy atom. The minimum atomic E-state index is -0.655. The summed E-state index contributed by atoms with van der Waals surface area (Å²) in [6.45, 7) is 1.11. The molecule has 0 bridgehead atoms. The molecule has 118 valence electrons. The molecule has 1 aromatic carbocycles.